The van der Waals surface area contributed by atoms with Gasteiger partial charge in [-0.15, -0.1) is 13.2 Å². The fourth-order valence-corrected chi connectivity index (χ4v) is 4.71. The van der Waals surface area contributed by atoms with E-state index in [2.05, 4.69) is 19.2 Å². The van der Waals surface area contributed by atoms with Crippen LogP contribution >= 0.6 is 0 Å². The van der Waals surface area contributed by atoms with Crippen molar-refractivity contribution in [3.05, 3.63) is 41.6 Å². The van der Waals surface area contributed by atoms with Gasteiger partial charge >= 0.3 is 22.0 Å². The van der Waals surface area contributed by atoms with Crippen LogP contribution in [0.3, 0.4) is 0 Å². The Morgan fingerprint density at radius 2 is 1.59 bits per heavy atom. The maximum absolute atomic E-state index is 12.8. The maximum Gasteiger partial charge on any atom is 0.573 e. The van der Waals surface area contributed by atoms with Crippen molar-refractivity contribution in [3.8, 4) is 11.6 Å². The molecule has 1 N–H and O–H groups in total. The molecule has 0 radical (unpaired) electrons. The Bertz CT molecular complexity index is 1130. The van der Waals surface area contributed by atoms with Gasteiger partial charge in [0.15, 0.2) is 0 Å². The molecule has 1 heterocycles. The second-order valence-corrected chi connectivity index (χ2v) is 9.07. The summed E-state index contributed by atoms with van der Waals surface area (Å²) in [5, 5.41) is 2.93. The van der Waals surface area contributed by atoms with E-state index in [0.29, 0.717) is 24.1 Å². The molecule has 3 aliphatic rings. The van der Waals surface area contributed by atoms with Gasteiger partial charge in [-0.05, 0) is 55.2 Å². The van der Waals surface area contributed by atoms with Gasteiger partial charge in [0, 0.05) is 17.3 Å². The third kappa shape index (κ3) is 4.43. The number of nitrogens with one attached hydrogen (secondary N) is 1. The summed E-state index contributed by atoms with van der Waals surface area (Å²) >= 11 is 0. The molecule has 0 spiro atoms. The number of benzene rings is 1. The van der Waals surface area contributed by atoms with Crippen LogP contribution in [-0.4, -0.2) is 25.3 Å². The van der Waals surface area contributed by atoms with Crippen LogP contribution < -0.4 is 14.2 Å². The first kappa shape index (κ1) is 22.5. The predicted molar refractivity (Wildman–Crippen MR) is 100 cm³/mol. The highest BCUT2D eigenvalue weighted by Crippen LogP contribution is 2.54. The van der Waals surface area contributed by atoms with Crippen molar-refractivity contribution >= 4 is 21.5 Å². The van der Waals surface area contributed by atoms with Gasteiger partial charge in [0.05, 0.1) is 11.9 Å². The zero-order valence-electron chi connectivity index (χ0n) is 16.1. The van der Waals surface area contributed by atoms with Gasteiger partial charge in [0.2, 0.25) is 5.88 Å². The van der Waals surface area contributed by atoms with Gasteiger partial charge in [0.1, 0.15) is 5.75 Å². The van der Waals surface area contributed by atoms with E-state index < -0.39 is 33.6 Å². The number of alkyl halides is 6. The summed E-state index contributed by atoms with van der Waals surface area (Å²) in [5.41, 5.74) is -4.17. The van der Waals surface area contributed by atoms with Gasteiger partial charge in [0.25, 0.3) is 0 Å². The van der Waals surface area contributed by atoms with E-state index in [1.165, 1.54) is 12.1 Å². The highest BCUT2D eigenvalue weighted by Gasteiger charge is 2.50. The Hall–Kier alpha value is -2.70. The standard InChI is InChI=1S/C19H16F6N2O4S/c20-18(21,22)30-13-3-1-2-12(8-13)27-14-9-26-17(31-32(28,29)19(23,24)25)16-11-6-4-10(5-7-11)15(14)16/h1-3,8-11,27H,4-7H2. The Kier molecular flexibility index (Phi) is 5.42. The molecule has 32 heavy (non-hydrogen) atoms. The number of nitrogens with zero attached hydrogens (tertiary/aromatic N) is 1. The molecule has 0 amide bonds. The first-order valence-corrected chi connectivity index (χ1v) is 10.9. The Labute approximate surface area is 178 Å². The monoisotopic (exact) mass is 482 g/mol. The summed E-state index contributed by atoms with van der Waals surface area (Å²) in [5.74, 6) is -1.39. The molecule has 13 heteroatoms. The van der Waals surface area contributed by atoms with Crippen molar-refractivity contribution in [1.29, 1.82) is 0 Å². The van der Waals surface area contributed by atoms with E-state index in [1.807, 2.05) is 0 Å². The number of pyridine rings is 1. The topological polar surface area (TPSA) is 77.5 Å². The molecule has 2 aromatic rings. The average molecular weight is 482 g/mol. The number of fused-ring (bicyclic) bond motifs is 2. The molecule has 1 fully saturated rings. The smallest absolute Gasteiger partial charge is 0.406 e. The second kappa shape index (κ2) is 7.71. The van der Waals surface area contributed by atoms with Crippen LogP contribution in [-0.2, 0) is 10.1 Å². The molecule has 2 bridgehead atoms. The van der Waals surface area contributed by atoms with Crippen molar-refractivity contribution in [2.75, 3.05) is 5.32 Å². The summed E-state index contributed by atoms with van der Waals surface area (Å²) in [6.07, 6.45) is -1.00. The van der Waals surface area contributed by atoms with E-state index in [4.69, 9.17) is 0 Å². The van der Waals surface area contributed by atoms with E-state index >= 15 is 0 Å². The van der Waals surface area contributed by atoms with Crippen molar-refractivity contribution in [2.24, 2.45) is 0 Å². The molecule has 0 unspecified atom stereocenters. The van der Waals surface area contributed by atoms with Crippen LogP contribution in [0, 0.1) is 0 Å². The summed E-state index contributed by atoms with van der Waals surface area (Å²) in [4.78, 5) is 3.81. The number of anilines is 2. The highest BCUT2D eigenvalue weighted by atomic mass is 32.2. The summed E-state index contributed by atoms with van der Waals surface area (Å²) in [6, 6.07) is 5.05. The summed E-state index contributed by atoms with van der Waals surface area (Å²) < 4.78 is 107. The van der Waals surface area contributed by atoms with E-state index in [1.54, 1.807) is 0 Å². The summed E-state index contributed by atoms with van der Waals surface area (Å²) in [6.45, 7) is 0. The molecular weight excluding hydrogens is 466 g/mol. The van der Waals surface area contributed by atoms with Gasteiger partial charge in [-0.3, -0.25) is 0 Å². The molecule has 0 saturated heterocycles. The largest absolute Gasteiger partial charge is 0.573 e. The number of aromatic nitrogens is 1. The Balaban J connectivity index is 1.72. The first-order valence-electron chi connectivity index (χ1n) is 9.50. The molecule has 1 saturated carbocycles. The number of rotatable bonds is 5. The van der Waals surface area contributed by atoms with Gasteiger partial charge in [-0.25, -0.2) is 4.98 Å². The third-order valence-corrected chi connectivity index (χ3v) is 6.43. The normalized spacial score (nSPS) is 20.6. The van der Waals surface area contributed by atoms with Crippen LogP contribution in [0.1, 0.15) is 48.6 Å². The minimum Gasteiger partial charge on any atom is -0.406 e. The first-order chi connectivity index (χ1) is 14.8. The minimum absolute atomic E-state index is 0.0777. The molecule has 1 aromatic heterocycles. The highest BCUT2D eigenvalue weighted by molar-refractivity contribution is 7.87. The Morgan fingerprint density at radius 3 is 2.19 bits per heavy atom. The predicted octanol–water partition coefficient (Wildman–Crippen LogP) is 5.71. The molecule has 1 aromatic carbocycles. The lowest BCUT2D eigenvalue weighted by Gasteiger charge is -2.39. The maximum atomic E-state index is 12.8. The van der Waals surface area contributed by atoms with Crippen molar-refractivity contribution in [3.63, 3.8) is 0 Å². The summed E-state index contributed by atoms with van der Waals surface area (Å²) in [7, 11) is -5.90. The number of halogens is 6. The van der Waals surface area contributed by atoms with Gasteiger partial charge < -0.3 is 14.2 Å². The fraction of sp³-hybridized carbons (Fsp3) is 0.421. The van der Waals surface area contributed by atoms with Crippen LogP contribution in [0.5, 0.6) is 11.6 Å². The molecular formula is C19H16F6N2O4S. The van der Waals surface area contributed by atoms with Crippen molar-refractivity contribution in [1.82, 2.24) is 4.98 Å². The molecule has 0 atom stereocenters. The lowest BCUT2D eigenvalue weighted by molar-refractivity contribution is -0.274. The van der Waals surface area contributed by atoms with E-state index in [-0.39, 0.29) is 23.1 Å². The average Bonchev–Trinajstić information content (AvgIpc) is 2.68. The number of ether oxygens (including phenoxy) is 1. The molecule has 0 aliphatic heterocycles. The molecule has 3 aliphatic carbocycles. The zero-order valence-corrected chi connectivity index (χ0v) is 16.9. The zero-order chi connectivity index (χ0) is 23.3. The molecule has 6 nitrogen and oxygen atoms in total. The van der Waals surface area contributed by atoms with Crippen LogP contribution in [0.25, 0.3) is 0 Å². The van der Waals surface area contributed by atoms with Crippen molar-refractivity contribution < 1.29 is 43.7 Å². The minimum atomic E-state index is -5.90. The molecule has 174 valence electrons. The third-order valence-electron chi connectivity index (χ3n) is 5.48. The van der Waals surface area contributed by atoms with Gasteiger partial charge in [-0.2, -0.15) is 21.6 Å². The number of hydrogen-bond acceptors (Lipinski definition) is 6. The van der Waals surface area contributed by atoms with E-state index in [9.17, 15) is 34.8 Å². The lowest BCUT2D eigenvalue weighted by atomic mass is 9.67. The quantitative estimate of drug-likeness (QED) is 0.334. The van der Waals surface area contributed by atoms with Crippen LogP contribution in [0.2, 0.25) is 0 Å². The molecule has 5 rings (SSSR count). The van der Waals surface area contributed by atoms with Crippen LogP contribution in [0.4, 0.5) is 37.7 Å². The SMILES string of the molecule is O=S(=O)(Oc1ncc(Nc2cccc(OC(F)(F)F)c2)c2c1C1CCC2CC1)C(F)(F)F. The fourth-order valence-electron chi connectivity index (χ4n) is 4.27. The second-order valence-electron chi connectivity index (χ2n) is 7.54. The Morgan fingerprint density at radius 1 is 0.969 bits per heavy atom. The van der Waals surface area contributed by atoms with Gasteiger partial charge in [-0.1, -0.05) is 6.07 Å². The van der Waals surface area contributed by atoms with Crippen LogP contribution in [0.15, 0.2) is 30.5 Å². The van der Waals surface area contributed by atoms with Crippen molar-refractivity contribution in [2.45, 2.75) is 49.4 Å². The lowest BCUT2D eigenvalue weighted by Crippen LogP contribution is -2.30. The van der Waals surface area contributed by atoms with E-state index in [0.717, 1.165) is 31.2 Å². The number of hydrogen-bond donors (Lipinski definition) is 1.